The molecule has 3 aromatic heterocycles. The van der Waals surface area contributed by atoms with Gasteiger partial charge >= 0.3 is 0 Å². The molecule has 7 nitrogen and oxygen atoms in total. The number of rotatable bonds is 10. The maximum atomic E-state index is 12.9. The molecule has 4 rings (SSSR count). The molecule has 1 amide bonds. The van der Waals surface area contributed by atoms with Crippen molar-refractivity contribution < 1.29 is 13.6 Å². The average Bonchev–Trinajstić information content (AvgIpc) is 3.54. The van der Waals surface area contributed by atoms with Gasteiger partial charge in [0.2, 0.25) is 11.0 Å². The number of carbonyl (C=O) groups is 1. The van der Waals surface area contributed by atoms with Gasteiger partial charge in [-0.2, -0.15) is 0 Å². The Balaban J connectivity index is 1.33. The van der Waals surface area contributed by atoms with Gasteiger partial charge in [-0.3, -0.25) is 4.79 Å². The first-order valence-corrected chi connectivity index (χ1v) is 11.1. The van der Waals surface area contributed by atoms with Crippen LogP contribution in [0.25, 0.3) is 0 Å². The van der Waals surface area contributed by atoms with E-state index in [0.29, 0.717) is 24.8 Å². The summed E-state index contributed by atoms with van der Waals surface area (Å²) in [6.45, 7) is 1.49. The maximum absolute atomic E-state index is 12.9. The Morgan fingerprint density at radius 3 is 2.47 bits per heavy atom. The van der Waals surface area contributed by atoms with Crippen molar-refractivity contribution in [1.82, 2.24) is 15.1 Å². The monoisotopic (exact) mass is 440 g/mol. The van der Waals surface area contributed by atoms with Crippen LogP contribution in [0.5, 0.6) is 0 Å². The average molecular weight is 441 g/mol. The fraction of sp³-hybridized carbons (Fsp3) is 0.190. The third-order valence-electron chi connectivity index (χ3n) is 4.22. The fourth-order valence-electron chi connectivity index (χ4n) is 2.76. The maximum Gasteiger partial charge on any atom is 0.233 e. The van der Waals surface area contributed by atoms with Crippen molar-refractivity contribution >= 4 is 34.1 Å². The van der Waals surface area contributed by atoms with Crippen molar-refractivity contribution in [3.63, 3.8) is 0 Å². The predicted molar refractivity (Wildman–Crippen MR) is 116 cm³/mol. The highest BCUT2D eigenvalue weighted by atomic mass is 32.2. The molecule has 0 saturated heterocycles. The summed E-state index contributed by atoms with van der Waals surface area (Å²) < 4.78 is 11.5. The van der Waals surface area contributed by atoms with Gasteiger partial charge in [-0.25, -0.2) is 0 Å². The zero-order chi connectivity index (χ0) is 20.6. The van der Waals surface area contributed by atoms with E-state index in [1.54, 1.807) is 17.4 Å². The highest BCUT2D eigenvalue weighted by Crippen LogP contribution is 2.26. The van der Waals surface area contributed by atoms with E-state index < -0.39 is 0 Å². The quantitative estimate of drug-likeness (QED) is 0.359. The number of benzene rings is 1. The summed E-state index contributed by atoms with van der Waals surface area (Å²) in [5.74, 6) is 1.87. The molecule has 0 bridgehead atoms. The van der Waals surface area contributed by atoms with Crippen LogP contribution in [-0.4, -0.2) is 26.8 Å². The van der Waals surface area contributed by atoms with Crippen LogP contribution in [0.4, 0.5) is 5.13 Å². The van der Waals surface area contributed by atoms with E-state index >= 15 is 0 Å². The molecule has 3 heterocycles. The Morgan fingerprint density at radius 1 is 0.967 bits per heavy atom. The van der Waals surface area contributed by atoms with Crippen LogP contribution in [0.2, 0.25) is 0 Å². The smallest absolute Gasteiger partial charge is 0.233 e. The van der Waals surface area contributed by atoms with Gasteiger partial charge in [0, 0.05) is 6.54 Å². The Morgan fingerprint density at radius 2 is 1.73 bits per heavy atom. The van der Waals surface area contributed by atoms with Crippen LogP contribution in [0.3, 0.4) is 0 Å². The molecule has 0 unspecified atom stereocenters. The first-order valence-electron chi connectivity index (χ1n) is 9.33. The van der Waals surface area contributed by atoms with Gasteiger partial charge in [-0.05, 0) is 29.8 Å². The number of carbonyl (C=O) groups excluding carboxylic acids is 1. The summed E-state index contributed by atoms with van der Waals surface area (Å²) in [7, 11) is 0. The lowest BCUT2D eigenvalue weighted by Gasteiger charge is -2.21. The number of anilines is 1. The van der Waals surface area contributed by atoms with Crippen molar-refractivity contribution in [1.29, 1.82) is 0 Å². The number of furan rings is 2. The van der Waals surface area contributed by atoms with Gasteiger partial charge < -0.3 is 19.1 Å². The van der Waals surface area contributed by atoms with E-state index in [9.17, 15) is 4.79 Å². The minimum absolute atomic E-state index is 0.0144. The summed E-state index contributed by atoms with van der Waals surface area (Å²) >= 11 is 2.80. The summed E-state index contributed by atoms with van der Waals surface area (Å²) in [6.07, 6.45) is 3.25. The Hall–Kier alpha value is -3.04. The lowest BCUT2D eigenvalue weighted by molar-refractivity contribution is -0.129. The lowest BCUT2D eigenvalue weighted by Crippen LogP contribution is -2.31. The van der Waals surface area contributed by atoms with Crippen LogP contribution in [0.15, 0.2) is 80.3 Å². The van der Waals surface area contributed by atoms with Gasteiger partial charge in [0.05, 0.1) is 31.4 Å². The topological polar surface area (TPSA) is 84.4 Å². The number of nitrogens with zero attached hydrogens (tertiary/aromatic N) is 3. The molecule has 1 aromatic carbocycles. The molecule has 0 fully saturated rings. The van der Waals surface area contributed by atoms with Crippen LogP contribution >= 0.6 is 23.1 Å². The highest BCUT2D eigenvalue weighted by molar-refractivity contribution is 8.01. The van der Waals surface area contributed by atoms with E-state index in [1.165, 1.54) is 23.1 Å². The number of nitrogens with one attached hydrogen (secondary N) is 1. The Bertz CT molecular complexity index is 1030. The van der Waals surface area contributed by atoms with Crippen LogP contribution in [0, 0.1) is 0 Å². The second-order valence-corrected chi connectivity index (χ2v) is 8.61. The van der Waals surface area contributed by atoms with Crippen LogP contribution in [0.1, 0.15) is 17.1 Å². The van der Waals surface area contributed by atoms with E-state index in [0.717, 1.165) is 21.4 Å². The molecule has 0 aliphatic carbocycles. The number of amides is 1. The largest absolute Gasteiger partial charge is 0.467 e. The summed E-state index contributed by atoms with van der Waals surface area (Å²) in [5, 5.41) is 12.1. The lowest BCUT2D eigenvalue weighted by atomic mass is 10.2. The van der Waals surface area contributed by atoms with Gasteiger partial charge in [0.1, 0.15) is 11.5 Å². The number of hydrogen-bond acceptors (Lipinski definition) is 8. The highest BCUT2D eigenvalue weighted by Gasteiger charge is 2.17. The SMILES string of the molecule is O=C(CSc1nnc(NCc2ccco2)s1)N(Cc1ccccc1)Cc1ccco1. The van der Waals surface area contributed by atoms with Crippen molar-refractivity contribution in [2.75, 3.05) is 11.1 Å². The fourth-order valence-corrected chi connectivity index (χ4v) is 4.41. The third-order valence-corrected chi connectivity index (χ3v) is 6.21. The molecule has 0 radical (unpaired) electrons. The number of aromatic nitrogens is 2. The van der Waals surface area contributed by atoms with Crippen LogP contribution < -0.4 is 5.32 Å². The van der Waals surface area contributed by atoms with Crippen LogP contribution in [-0.2, 0) is 24.4 Å². The number of thioether (sulfide) groups is 1. The molecule has 9 heteroatoms. The minimum atomic E-state index is 0.0144. The first kappa shape index (κ1) is 20.2. The number of hydrogen-bond donors (Lipinski definition) is 1. The molecule has 154 valence electrons. The zero-order valence-electron chi connectivity index (χ0n) is 16.1. The molecular weight excluding hydrogens is 420 g/mol. The van der Waals surface area contributed by atoms with E-state index in [-0.39, 0.29) is 11.7 Å². The van der Waals surface area contributed by atoms with Crippen molar-refractivity contribution in [3.8, 4) is 0 Å². The third kappa shape index (κ3) is 5.74. The summed E-state index contributed by atoms with van der Waals surface area (Å²) in [4.78, 5) is 14.7. The molecule has 0 spiro atoms. The first-order chi connectivity index (χ1) is 14.8. The van der Waals surface area contributed by atoms with Crippen molar-refractivity contribution in [2.45, 2.75) is 24.0 Å². The van der Waals surface area contributed by atoms with Crippen molar-refractivity contribution in [2.24, 2.45) is 0 Å². The molecule has 1 N–H and O–H groups in total. The van der Waals surface area contributed by atoms with Gasteiger partial charge in [0.25, 0.3) is 0 Å². The molecule has 0 atom stereocenters. The minimum Gasteiger partial charge on any atom is -0.467 e. The van der Waals surface area contributed by atoms with Gasteiger partial charge in [0.15, 0.2) is 4.34 Å². The standard InChI is InChI=1S/C21H20N4O3S2/c26-19(15-29-21-24-23-20(30-21)22-12-17-8-4-10-27-17)25(14-18-9-5-11-28-18)13-16-6-2-1-3-7-16/h1-11H,12-15H2,(H,22,23). The summed E-state index contributed by atoms with van der Waals surface area (Å²) in [6, 6.07) is 17.4. The molecule has 0 aliphatic heterocycles. The molecule has 30 heavy (non-hydrogen) atoms. The summed E-state index contributed by atoms with van der Waals surface area (Å²) in [5.41, 5.74) is 1.07. The Labute approximate surface area is 182 Å². The second kappa shape index (κ2) is 10.1. The van der Waals surface area contributed by atoms with Gasteiger partial charge in [-0.1, -0.05) is 53.4 Å². The van der Waals surface area contributed by atoms with Gasteiger partial charge in [-0.15, -0.1) is 10.2 Å². The molecular formula is C21H20N4O3S2. The second-order valence-electron chi connectivity index (χ2n) is 6.41. The molecule has 4 aromatic rings. The van der Waals surface area contributed by atoms with E-state index in [4.69, 9.17) is 8.83 Å². The van der Waals surface area contributed by atoms with Crippen molar-refractivity contribution in [3.05, 3.63) is 84.2 Å². The normalized spacial score (nSPS) is 10.8. The Kier molecular flexibility index (Phi) is 6.83. The van der Waals surface area contributed by atoms with E-state index in [1.807, 2.05) is 54.6 Å². The predicted octanol–water partition coefficient (Wildman–Crippen LogP) is 4.66. The zero-order valence-corrected chi connectivity index (χ0v) is 17.7. The van der Waals surface area contributed by atoms with E-state index in [2.05, 4.69) is 15.5 Å². The molecule has 0 saturated carbocycles. The molecule has 0 aliphatic rings.